The fourth-order valence-corrected chi connectivity index (χ4v) is 5.19. The molecule has 38 heavy (non-hydrogen) atoms. The van der Waals surface area contributed by atoms with E-state index >= 15 is 0 Å². The van der Waals surface area contributed by atoms with E-state index < -0.39 is 65.1 Å². The number of ketones is 1. The molecule has 1 saturated heterocycles. The molecule has 12 heteroatoms. The molecule has 1 aliphatic heterocycles. The maximum Gasteiger partial charge on any atom is 0.287 e. The van der Waals surface area contributed by atoms with E-state index in [1.54, 1.807) is 26.0 Å². The number of alkyl halides is 4. The lowest BCUT2D eigenvalue weighted by molar-refractivity contribution is -0.170. The molecule has 0 spiro atoms. The van der Waals surface area contributed by atoms with Crippen LogP contribution in [0.25, 0.3) is 11.1 Å². The van der Waals surface area contributed by atoms with Crippen molar-refractivity contribution in [1.82, 2.24) is 10.2 Å². The number of sulfone groups is 1. The predicted octanol–water partition coefficient (Wildman–Crippen LogP) is 3.44. The highest BCUT2D eigenvalue weighted by molar-refractivity contribution is 7.90. The van der Waals surface area contributed by atoms with Crippen LogP contribution in [-0.4, -0.2) is 68.8 Å². The molecule has 2 aromatic rings. The molecule has 208 valence electrons. The molecule has 1 amide bonds. The number of nitrogens with two attached hydrogens (primary N) is 1. The van der Waals surface area contributed by atoms with Gasteiger partial charge in [0, 0.05) is 6.26 Å². The first-order valence-corrected chi connectivity index (χ1v) is 13.9. The number of halogens is 4. The number of carbonyl (C=O) groups is 2. The van der Waals surface area contributed by atoms with E-state index in [-0.39, 0.29) is 27.7 Å². The Morgan fingerprint density at radius 1 is 1.08 bits per heavy atom. The molecule has 0 unspecified atom stereocenters. The van der Waals surface area contributed by atoms with Crippen molar-refractivity contribution in [2.75, 3.05) is 19.3 Å². The van der Waals surface area contributed by atoms with Gasteiger partial charge in [0.05, 0.1) is 24.0 Å². The predicted molar refractivity (Wildman–Crippen MR) is 135 cm³/mol. The summed E-state index contributed by atoms with van der Waals surface area (Å²) in [6.45, 7) is 2.04. The maximum atomic E-state index is 15.0. The van der Waals surface area contributed by atoms with Gasteiger partial charge in [0.2, 0.25) is 5.91 Å². The zero-order valence-corrected chi connectivity index (χ0v) is 22.0. The van der Waals surface area contributed by atoms with Gasteiger partial charge in [-0.2, -0.15) is 0 Å². The second kappa shape index (κ2) is 11.5. The van der Waals surface area contributed by atoms with Gasteiger partial charge < -0.3 is 16.0 Å². The molecule has 0 aromatic heterocycles. The number of nitrogens with one attached hydrogen (secondary N) is 1. The number of carbonyl (C=O) groups excluding carboxylic acids is 2. The monoisotopic (exact) mass is 557 g/mol. The van der Waals surface area contributed by atoms with Crippen LogP contribution in [-0.2, 0) is 19.4 Å². The van der Waals surface area contributed by atoms with Crippen molar-refractivity contribution in [1.29, 1.82) is 0 Å². The molecule has 1 fully saturated rings. The van der Waals surface area contributed by atoms with Crippen LogP contribution >= 0.6 is 0 Å². The van der Waals surface area contributed by atoms with E-state index in [0.29, 0.717) is 11.1 Å². The lowest BCUT2D eigenvalue weighted by Gasteiger charge is -2.43. The van der Waals surface area contributed by atoms with Crippen LogP contribution in [0.15, 0.2) is 53.4 Å². The Morgan fingerprint density at radius 2 is 1.61 bits per heavy atom. The second-order valence-electron chi connectivity index (χ2n) is 9.91. The van der Waals surface area contributed by atoms with Gasteiger partial charge in [-0.05, 0) is 41.2 Å². The summed E-state index contributed by atoms with van der Waals surface area (Å²) in [6.07, 6.45) is -2.18. The summed E-state index contributed by atoms with van der Waals surface area (Å²) in [6, 6.07) is 5.45. The largest absolute Gasteiger partial charge is 0.320 e. The number of piperidine rings is 1. The third-order valence-electron chi connectivity index (χ3n) is 6.35. The zero-order valence-electron chi connectivity index (χ0n) is 21.2. The molecule has 7 nitrogen and oxygen atoms in total. The topological polar surface area (TPSA) is 110 Å². The molecule has 0 bridgehead atoms. The number of nitrogens with zero attached hydrogens (tertiary/aromatic N) is 1. The first-order valence-electron chi connectivity index (χ1n) is 12.0. The quantitative estimate of drug-likeness (QED) is 0.458. The number of hydrogen-bond donors (Lipinski definition) is 2. The van der Waals surface area contributed by atoms with Crippen LogP contribution in [0, 0.1) is 5.92 Å². The van der Waals surface area contributed by atoms with Crippen LogP contribution < -0.4 is 11.1 Å². The van der Waals surface area contributed by atoms with Crippen molar-refractivity contribution in [2.45, 2.75) is 55.6 Å². The van der Waals surface area contributed by atoms with E-state index in [1.807, 2.05) is 0 Å². The van der Waals surface area contributed by atoms with Crippen LogP contribution in [0.5, 0.6) is 0 Å². The van der Waals surface area contributed by atoms with Gasteiger partial charge in [-0.3, -0.25) is 9.59 Å². The van der Waals surface area contributed by atoms with Gasteiger partial charge in [-0.25, -0.2) is 26.0 Å². The number of rotatable bonds is 9. The van der Waals surface area contributed by atoms with E-state index in [0.717, 1.165) is 6.26 Å². The number of Topliss-reactive ketones (excluding diaryl/α,β-unsaturated/α-hetero) is 1. The molecule has 0 radical (unpaired) electrons. The summed E-state index contributed by atoms with van der Waals surface area (Å²) in [5, 5.41) is 2.26. The molecular formula is C26H31F4N3O4S. The second-order valence-corrected chi connectivity index (χ2v) is 11.9. The molecule has 2 aromatic carbocycles. The van der Waals surface area contributed by atoms with E-state index in [9.17, 15) is 35.6 Å². The number of benzene rings is 2. The van der Waals surface area contributed by atoms with Crippen LogP contribution in [0.4, 0.5) is 17.6 Å². The van der Waals surface area contributed by atoms with Gasteiger partial charge in [-0.15, -0.1) is 0 Å². The molecule has 3 rings (SSSR count). The summed E-state index contributed by atoms with van der Waals surface area (Å²) in [7, 11) is -3.41. The molecule has 3 N–H and O–H groups in total. The van der Waals surface area contributed by atoms with Crippen LogP contribution in [0.3, 0.4) is 0 Å². The molecule has 3 atom stereocenters. The van der Waals surface area contributed by atoms with Gasteiger partial charge >= 0.3 is 0 Å². The molecule has 0 saturated carbocycles. The fraction of sp³-hybridized carbons (Fsp3) is 0.462. The Kier molecular flexibility index (Phi) is 9.00. The highest BCUT2D eigenvalue weighted by atomic mass is 32.2. The normalized spacial score (nSPS) is 19.4. The van der Waals surface area contributed by atoms with Gasteiger partial charge in [0.25, 0.3) is 12.3 Å². The van der Waals surface area contributed by atoms with Gasteiger partial charge in [0.1, 0.15) is 6.04 Å². The van der Waals surface area contributed by atoms with Crippen molar-refractivity contribution < 1.29 is 35.6 Å². The summed E-state index contributed by atoms with van der Waals surface area (Å²) >= 11 is 0. The van der Waals surface area contributed by atoms with Gasteiger partial charge in [-0.1, -0.05) is 50.2 Å². The average Bonchev–Trinajstić information content (AvgIpc) is 2.81. The van der Waals surface area contributed by atoms with Crippen molar-refractivity contribution in [3.05, 3.63) is 54.1 Å². The Morgan fingerprint density at radius 3 is 2.05 bits per heavy atom. The Balaban J connectivity index is 2.05. The van der Waals surface area contributed by atoms with E-state index in [4.69, 9.17) is 5.73 Å². The highest BCUT2D eigenvalue weighted by Gasteiger charge is 2.55. The maximum absolute atomic E-state index is 15.0. The van der Waals surface area contributed by atoms with Crippen LogP contribution in [0.1, 0.15) is 31.9 Å². The fourth-order valence-electron chi connectivity index (χ4n) is 4.56. The van der Waals surface area contributed by atoms with E-state index in [2.05, 4.69) is 5.32 Å². The Bertz CT molecular complexity index is 1250. The van der Waals surface area contributed by atoms with Crippen molar-refractivity contribution in [3.8, 4) is 11.1 Å². The number of hydrogen-bond acceptors (Lipinski definition) is 6. The summed E-state index contributed by atoms with van der Waals surface area (Å²) < 4.78 is 82.5. The minimum absolute atomic E-state index is 0.0540. The Hall–Kier alpha value is -2.83. The first-order chi connectivity index (χ1) is 17.6. The molecule has 0 aliphatic carbocycles. The third kappa shape index (κ3) is 6.59. The van der Waals surface area contributed by atoms with Gasteiger partial charge in [0.15, 0.2) is 21.7 Å². The van der Waals surface area contributed by atoms with Crippen molar-refractivity contribution >= 4 is 21.5 Å². The highest BCUT2D eigenvalue weighted by Crippen LogP contribution is 2.37. The summed E-state index contributed by atoms with van der Waals surface area (Å²) in [5.41, 5.74) is 6.95. The summed E-state index contributed by atoms with van der Waals surface area (Å²) in [4.78, 5) is 26.4. The van der Waals surface area contributed by atoms with Crippen molar-refractivity contribution in [2.24, 2.45) is 11.7 Å². The molecular weight excluding hydrogens is 526 g/mol. The minimum Gasteiger partial charge on any atom is -0.320 e. The minimum atomic E-state index is -3.79. The standard InChI is InChI=1S/C26H31F4N3O4S/c1-15(2)12-20(31)25(35)33(23-21(34)13-32-14-26(23,29)30)22(24(27)28)18-6-4-16(5-7-18)17-8-10-19(11-9-17)38(3,36)37/h4-11,15,20,22-24,32H,12-14,31H2,1-3H3/t20-,22-,23+/m0/s1. The lowest BCUT2D eigenvalue weighted by Crippen LogP contribution is -2.66. The smallest absolute Gasteiger partial charge is 0.287 e. The first kappa shape index (κ1) is 29.7. The lowest BCUT2D eigenvalue weighted by atomic mass is 9.92. The summed E-state index contributed by atoms with van der Waals surface area (Å²) in [5.74, 6) is -6.15. The number of amides is 1. The molecule has 1 aliphatic rings. The SMILES string of the molecule is CC(C)C[C@H](N)C(=O)N([C@@H](c1ccc(-c2ccc(S(C)(=O)=O)cc2)cc1)C(F)F)[C@@H]1C(=O)CNCC1(F)F. The third-order valence-corrected chi connectivity index (χ3v) is 7.47. The zero-order chi connectivity index (χ0) is 28.4. The average molecular weight is 558 g/mol. The molecule has 1 heterocycles. The Labute approximate surface area is 219 Å². The van der Waals surface area contributed by atoms with Crippen molar-refractivity contribution in [3.63, 3.8) is 0 Å². The van der Waals surface area contributed by atoms with Crippen LogP contribution in [0.2, 0.25) is 0 Å². The van der Waals surface area contributed by atoms with E-state index in [1.165, 1.54) is 36.4 Å².